The lowest BCUT2D eigenvalue weighted by atomic mass is 10.3. The molecule has 0 aliphatic carbocycles. The third kappa shape index (κ3) is 5.47. The zero-order chi connectivity index (χ0) is 15.1. The topological polar surface area (TPSA) is 38.3 Å². The number of benzene rings is 1. The van der Waals surface area contributed by atoms with Crippen molar-refractivity contribution in [3.8, 4) is 5.75 Å². The fourth-order valence-corrected chi connectivity index (χ4v) is 2.82. The molecule has 1 N–H and O–H groups in total. The molecule has 0 bridgehead atoms. The molecule has 0 unspecified atom stereocenters. The summed E-state index contributed by atoms with van der Waals surface area (Å²) in [6.45, 7) is 1.16. The highest BCUT2D eigenvalue weighted by Gasteiger charge is 2.06. The van der Waals surface area contributed by atoms with Crippen LogP contribution in [0.2, 0.25) is 0 Å². The van der Waals surface area contributed by atoms with Crippen LogP contribution in [-0.4, -0.2) is 19.1 Å². The molecule has 6 heteroatoms. The van der Waals surface area contributed by atoms with E-state index in [4.69, 9.17) is 4.74 Å². The van der Waals surface area contributed by atoms with Crippen molar-refractivity contribution in [3.05, 3.63) is 50.9 Å². The Kier molecular flexibility index (Phi) is 6.20. The minimum absolute atomic E-state index is 0.0589. The summed E-state index contributed by atoms with van der Waals surface area (Å²) >= 11 is 4.82. The molecule has 0 saturated heterocycles. The monoisotopic (exact) mass is 371 g/mol. The van der Waals surface area contributed by atoms with Gasteiger partial charge in [-0.1, -0.05) is 0 Å². The molecule has 0 aliphatic heterocycles. The van der Waals surface area contributed by atoms with Gasteiger partial charge in [0.25, 0.3) is 5.91 Å². The Balaban J connectivity index is 1.58. The Labute approximate surface area is 135 Å². The molecule has 112 valence electrons. The molecular formula is C15H15BrFNO2S. The molecule has 1 aromatic heterocycles. The molecule has 1 amide bonds. The van der Waals surface area contributed by atoms with Crippen molar-refractivity contribution < 1.29 is 13.9 Å². The van der Waals surface area contributed by atoms with Crippen molar-refractivity contribution in [1.82, 2.24) is 5.32 Å². The quantitative estimate of drug-likeness (QED) is 0.739. The van der Waals surface area contributed by atoms with E-state index >= 15 is 0 Å². The molecule has 0 fully saturated rings. The predicted octanol–water partition coefficient (Wildman–Crippen LogP) is 4.24. The van der Waals surface area contributed by atoms with Crippen LogP contribution >= 0.6 is 27.3 Å². The van der Waals surface area contributed by atoms with E-state index in [-0.39, 0.29) is 11.7 Å². The number of unbranched alkanes of at least 4 members (excludes halogenated alkanes) is 1. The second kappa shape index (κ2) is 8.14. The highest BCUT2D eigenvalue weighted by Crippen LogP contribution is 2.20. The molecule has 0 spiro atoms. The maximum atomic E-state index is 12.7. The van der Waals surface area contributed by atoms with Gasteiger partial charge in [0.15, 0.2) is 0 Å². The van der Waals surface area contributed by atoms with Crippen molar-refractivity contribution in [3.63, 3.8) is 0 Å². The lowest BCUT2D eigenvalue weighted by Crippen LogP contribution is -2.24. The van der Waals surface area contributed by atoms with E-state index in [2.05, 4.69) is 21.2 Å². The molecule has 0 saturated carbocycles. The molecule has 3 nitrogen and oxygen atoms in total. The van der Waals surface area contributed by atoms with Crippen LogP contribution in [0.15, 0.2) is 39.5 Å². The van der Waals surface area contributed by atoms with Gasteiger partial charge >= 0.3 is 0 Å². The van der Waals surface area contributed by atoms with Crippen LogP contribution in [0.4, 0.5) is 4.39 Å². The number of nitrogens with one attached hydrogen (secondary N) is 1. The van der Waals surface area contributed by atoms with Crippen molar-refractivity contribution in [2.75, 3.05) is 13.2 Å². The number of hydrogen-bond acceptors (Lipinski definition) is 3. The minimum atomic E-state index is -0.273. The Morgan fingerprint density at radius 2 is 2.05 bits per heavy atom. The fraction of sp³-hybridized carbons (Fsp3) is 0.267. The van der Waals surface area contributed by atoms with Crippen molar-refractivity contribution in [1.29, 1.82) is 0 Å². The van der Waals surface area contributed by atoms with E-state index in [1.165, 1.54) is 23.5 Å². The molecule has 2 rings (SSSR count). The van der Waals surface area contributed by atoms with E-state index in [0.717, 1.165) is 16.6 Å². The molecule has 1 aromatic carbocycles. The Bertz CT molecular complexity index is 586. The molecular weight excluding hydrogens is 357 g/mol. The van der Waals surface area contributed by atoms with Gasteiger partial charge in [-0.25, -0.2) is 4.39 Å². The number of halogens is 2. The van der Waals surface area contributed by atoms with E-state index in [1.54, 1.807) is 18.2 Å². The van der Waals surface area contributed by atoms with Crippen LogP contribution in [0.1, 0.15) is 23.2 Å². The van der Waals surface area contributed by atoms with Crippen molar-refractivity contribution in [2.24, 2.45) is 0 Å². The number of carbonyl (C=O) groups excluding carboxylic acids is 1. The van der Waals surface area contributed by atoms with Gasteiger partial charge in [-0.05, 0) is 59.1 Å². The molecule has 0 atom stereocenters. The van der Waals surface area contributed by atoms with E-state index < -0.39 is 0 Å². The number of hydrogen-bond donors (Lipinski definition) is 1. The average molecular weight is 372 g/mol. The summed E-state index contributed by atoms with van der Waals surface area (Å²) in [6, 6.07) is 7.75. The van der Waals surface area contributed by atoms with Crippen LogP contribution in [0.3, 0.4) is 0 Å². The SMILES string of the molecule is O=C(NCCCCOc1ccc(F)cc1)c1csc(Br)c1. The second-order valence-corrected chi connectivity index (χ2v) is 6.70. The molecule has 1 heterocycles. The Morgan fingerprint density at radius 1 is 1.29 bits per heavy atom. The van der Waals surface area contributed by atoms with Crippen LogP contribution in [-0.2, 0) is 0 Å². The van der Waals surface area contributed by atoms with Crippen molar-refractivity contribution in [2.45, 2.75) is 12.8 Å². The summed E-state index contributed by atoms with van der Waals surface area (Å²) in [5.74, 6) is 0.324. The van der Waals surface area contributed by atoms with Crippen molar-refractivity contribution >= 4 is 33.2 Å². The largest absolute Gasteiger partial charge is 0.494 e. The van der Waals surface area contributed by atoms with Crippen LogP contribution in [0.5, 0.6) is 5.75 Å². The lowest BCUT2D eigenvalue weighted by Gasteiger charge is -2.06. The molecule has 0 radical (unpaired) electrons. The highest BCUT2D eigenvalue weighted by molar-refractivity contribution is 9.11. The third-order valence-electron chi connectivity index (χ3n) is 2.77. The summed E-state index contributed by atoms with van der Waals surface area (Å²) in [6.07, 6.45) is 1.66. The first-order valence-electron chi connectivity index (χ1n) is 6.56. The van der Waals surface area contributed by atoms with Crippen LogP contribution < -0.4 is 10.1 Å². The van der Waals surface area contributed by atoms with Gasteiger partial charge in [0, 0.05) is 11.9 Å². The number of rotatable bonds is 7. The zero-order valence-corrected chi connectivity index (χ0v) is 13.7. The molecule has 21 heavy (non-hydrogen) atoms. The van der Waals surface area contributed by atoms with E-state index in [1.807, 2.05) is 5.38 Å². The van der Waals surface area contributed by atoms with Crippen LogP contribution in [0.25, 0.3) is 0 Å². The summed E-state index contributed by atoms with van der Waals surface area (Å²) < 4.78 is 19.1. The number of ether oxygens (including phenoxy) is 1. The zero-order valence-electron chi connectivity index (χ0n) is 11.3. The average Bonchev–Trinajstić information content (AvgIpc) is 2.91. The van der Waals surface area contributed by atoms with Gasteiger partial charge in [-0.2, -0.15) is 0 Å². The Morgan fingerprint density at radius 3 is 2.71 bits per heavy atom. The standard InChI is InChI=1S/C15H15BrFNO2S/c16-14-9-11(10-21-14)15(19)18-7-1-2-8-20-13-5-3-12(17)4-6-13/h3-6,9-10H,1-2,7-8H2,(H,18,19). The summed E-state index contributed by atoms with van der Waals surface area (Å²) in [5, 5.41) is 4.68. The fourth-order valence-electron chi connectivity index (χ4n) is 1.68. The summed E-state index contributed by atoms with van der Waals surface area (Å²) in [7, 11) is 0. The second-order valence-electron chi connectivity index (χ2n) is 4.40. The number of thiophene rings is 1. The third-order valence-corrected chi connectivity index (χ3v) is 4.27. The first kappa shape index (κ1) is 16.0. The lowest BCUT2D eigenvalue weighted by molar-refractivity contribution is 0.0953. The van der Waals surface area contributed by atoms with Gasteiger partial charge in [0.2, 0.25) is 0 Å². The molecule has 2 aromatic rings. The summed E-state index contributed by atoms with van der Waals surface area (Å²) in [4.78, 5) is 11.8. The van der Waals surface area contributed by atoms with Gasteiger partial charge in [0.1, 0.15) is 11.6 Å². The first-order chi connectivity index (χ1) is 10.1. The normalized spacial score (nSPS) is 10.4. The molecule has 0 aliphatic rings. The van der Waals surface area contributed by atoms with E-state index in [0.29, 0.717) is 24.5 Å². The maximum absolute atomic E-state index is 12.7. The maximum Gasteiger partial charge on any atom is 0.252 e. The van der Waals surface area contributed by atoms with Gasteiger partial charge < -0.3 is 10.1 Å². The van der Waals surface area contributed by atoms with Crippen LogP contribution in [0, 0.1) is 5.82 Å². The first-order valence-corrected chi connectivity index (χ1v) is 8.23. The number of carbonyl (C=O) groups is 1. The van der Waals surface area contributed by atoms with E-state index in [9.17, 15) is 9.18 Å². The van der Waals surface area contributed by atoms with Gasteiger partial charge in [-0.15, -0.1) is 11.3 Å². The van der Waals surface area contributed by atoms with Gasteiger partial charge in [0.05, 0.1) is 16.0 Å². The minimum Gasteiger partial charge on any atom is -0.494 e. The predicted molar refractivity (Wildman–Crippen MR) is 85.5 cm³/mol. The highest BCUT2D eigenvalue weighted by atomic mass is 79.9. The Hall–Kier alpha value is -1.40. The summed E-state index contributed by atoms with van der Waals surface area (Å²) in [5.41, 5.74) is 0.675. The number of amides is 1. The smallest absolute Gasteiger partial charge is 0.252 e. The van der Waals surface area contributed by atoms with Gasteiger partial charge in [-0.3, -0.25) is 4.79 Å².